The molecule has 3 atom stereocenters. The van der Waals surface area contributed by atoms with Crippen LogP contribution in [0, 0.1) is 5.92 Å². The standard InChI is InChI=1S/C25H24ClNO3S/c1-3-30-25(29)21-14-22(15(2)16-7-5-4-6-8-16)31-24(21)27-23(28)20-13-19(20)17-9-11-18(26)12-10-17/h4-12,14-15,19-20H,3,13H2,1-2H3,(H,27,28)/t15-,19-,20+/m0/s1. The summed E-state index contributed by atoms with van der Waals surface area (Å²) >= 11 is 7.41. The molecule has 0 spiro atoms. The van der Waals surface area contributed by atoms with E-state index in [4.69, 9.17) is 16.3 Å². The zero-order valence-electron chi connectivity index (χ0n) is 17.4. The van der Waals surface area contributed by atoms with Gasteiger partial charge in [-0.15, -0.1) is 11.3 Å². The maximum absolute atomic E-state index is 12.9. The number of amides is 1. The van der Waals surface area contributed by atoms with Gasteiger partial charge in [0.15, 0.2) is 0 Å². The molecule has 1 heterocycles. The molecular formula is C25H24ClNO3S. The van der Waals surface area contributed by atoms with Gasteiger partial charge in [-0.1, -0.05) is 61.0 Å². The van der Waals surface area contributed by atoms with Gasteiger partial charge in [0.25, 0.3) is 0 Å². The van der Waals surface area contributed by atoms with Crippen molar-refractivity contribution in [2.24, 2.45) is 5.92 Å². The number of carbonyl (C=O) groups is 2. The van der Waals surface area contributed by atoms with Gasteiger partial charge >= 0.3 is 5.97 Å². The molecule has 4 nitrogen and oxygen atoms in total. The Balaban J connectivity index is 1.54. The van der Waals surface area contributed by atoms with E-state index in [-0.39, 0.29) is 30.3 Å². The number of carbonyl (C=O) groups excluding carboxylic acids is 2. The van der Waals surface area contributed by atoms with Gasteiger partial charge in [0.05, 0.1) is 12.2 Å². The molecule has 0 aliphatic heterocycles. The van der Waals surface area contributed by atoms with Crippen LogP contribution in [0.5, 0.6) is 0 Å². The Hall–Kier alpha value is -2.63. The lowest BCUT2D eigenvalue weighted by atomic mass is 9.99. The zero-order valence-corrected chi connectivity index (χ0v) is 19.0. The molecule has 4 rings (SSSR count). The van der Waals surface area contributed by atoms with E-state index in [1.165, 1.54) is 11.3 Å². The largest absolute Gasteiger partial charge is 0.462 e. The number of anilines is 1. The van der Waals surface area contributed by atoms with Crippen LogP contribution < -0.4 is 5.32 Å². The molecule has 1 fully saturated rings. The van der Waals surface area contributed by atoms with Gasteiger partial charge in [-0.3, -0.25) is 4.79 Å². The fraction of sp³-hybridized carbons (Fsp3) is 0.280. The predicted molar refractivity (Wildman–Crippen MR) is 125 cm³/mol. The summed E-state index contributed by atoms with van der Waals surface area (Å²) in [4.78, 5) is 26.5. The van der Waals surface area contributed by atoms with E-state index in [9.17, 15) is 9.59 Å². The van der Waals surface area contributed by atoms with Crippen LogP contribution in [0.3, 0.4) is 0 Å². The quantitative estimate of drug-likeness (QED) is 0.417. The minimum atomic E-state index is -0.411. The highest BCUT2D eigenvalue weighted by molar-refractivity contribution is 7.16. The number of hydrogen-bond acceptors (Lipinski definition) is 4. The average Bonchev–Trinajstić information content (AvgIpc) is 3.47. The Bertz CT molecular complexity index is 1080. The maximum atomic E-state index is 12.9. The summed E-state index contributed by atoms with van der Waals surface area (Å²) in [6.07, 6.45) is 0.793. The summed E-state index contributed by atoms with van der Waals surface area (Å²) in [5.74, 6) is -0.288. The second-order valence-corrected chi connectivity index (χ2v) is 9.25. The second-order valence-electron chi connectivity index (χ2n) is 7.73. The van der Waals surface area contributed by atoms with Crippen molar-refractivity contribution < 1.29 is 14.3 Å². The Morgan fingerprint density at radius 1 is 1.16 bits per heavy atom. The molecule has 1 saturated carbocycles. The van der Waals surface area contributed by atoms with Gasteiger partial charge in [0.2, 0.25) is 5.91 Å². The summed E-state index contributed by atoms with van der Waals surface area (Å²) in [5, 5.41) is 4.24. The van der Waals surface area contributed by atoms with E-state index in [0.717, 1.165) is 22.4 Å². The molecule has 0 unspecified atom stereocenters. The van der Waals surface area contributed by atoms with E-state index >= 15 is 0 Å². The van der Waals surface area contributed by atoms with Gasteiger partial charge in [-0.2, -0.15) is 0 Å². The molecule has 1 aliphatic rings. The molecule has 1 N–H and O–H groups in total. The number of thiophene rings is 1. The molecular weight excluding hydrogens is 430 g/mol. The SMILES string of the molecule is CCOC(=O)c1cc([C@@H](C)c2ccccc2)sc1NC(=O)[C@@H]1C[C@H]1c1ccc(Cl)cc1. The Labute approximate surface area is 191 Å². The first-order valence-electron chi connectivity index (χ1n) is 10.4. The lowest BCUT2D eigenvalue weighted by Crippen LogP contribution is -2.16. The van der Waals surface area contributed by atoms with Crippen LogP contribution in [0.2, 0.25) is 5.02 Å². The Morgan fingerprint density at radius 2 is 1.87 bits per heavy atom. The first-order valence-corrected chi connectivity index (χ1v) is 11.6. The fourth-order valence-corrected chi connectivity index (χ4v) is 5.01. The predicted octanol–water partition coefficient (Wildman–Crippen LogP) is 6.47. The molecule has 0 radical (unpaired) electrons. The lowest BCUT2D eigenvalue weighted by Gasteiger charge is -2.09. The number of halogens is 1. The molecule has 0 bridgehead atoms. The van der Waals surface area contributed by atoms with Crippen LogP contribution >= 0.6 is 22.9 Å². The molecule has 160 valence electrons. The summed E-state index contributed by atoms with van der Waals surface area (Å²) in [6, 6.07) is 19.6. The van der Waals surface area contributed by atoms with Crippen molar-refractivity contribution >= 4 is 39.8 Å². The monoisotopic (exact) mass is 453 g/mol. The molecule has 2 aromatic carbocycles. The van der Waals surface area contributed by atoms with Gasteiger partial charge < -0.3 is 10.1 Å². The van der Waals surface area contributed by atoms with Crippen molar-refractivity contribution in [3.05, 3.63) is 87.3 Å². The smallest absolute Gasteiger partial charge is 0.341 e. The summed E-state index contributed by atoms with van der Waals surface area (Å²) in [7, 11) is 0. The number of benzene rings is 2. The normalized spacial score (nSPS) is 18.3. The van der Waals surface area contributed by atoms with Crippen molar-refractivity contribution in [2.45, 2.75) is 32.1 Å². The van der Waals surface area contributed by atoms with E-state index in [0.29, 0.717) is 15.6 Å². The summed E-state index contributed by atoms with van der Waals surface area (Å²) < 4.78 is 5.23. The highest BCUT2D eigenvalue weighted by Crippen LogP contribution is 2.48. The number of ether oxygens (including phenoxy) is 1. The van der Waals surface area contributed by atoms with Crippen LogP contribution in [0.15, 0.2) is 60.7 Å². The minimum Gasteiger partial charge on any atom is -0.462 e. The molecule has 3 aromatic rings. The van der Waals surface area contributed by atoms with Gasteiger partial charge in [0, 0.05) is 21.7 Å². The molecule has 0 saturated heterocycles. The third-order valence-corrected chi connectivity index (χ3v) is 7.12. The third kappa shape index (κ3) is 4.83. The summed E-state index contributed by atoms with van der Waals surface area (Å²) in [6.45, 7) is 4.16. The van der Waals surface area contributed by atoms with Crippen molar-refractivity contribution in [2.75, 3.05) is 11.9 Å². The topological polar surface area (TPSA) is 55.4 Å². The van der Waals surface area contributed by atoms with E-state index in [1.807, 2.05) is 48.5 Å². The molecule has 6 heteroatoms. The van der Waals surface area contributed by atoms with E-state index in [1.54, 1.807) is 6.92 Å². The number of rotatable bonds is 7. The van der Waals surface area contributed by atoms with Crippen LogP contribution in [-0.4, -0.2) is 18.5 Å². The van der Waals surface area contributed by atoms with Crippen LogP contribution in [-0.2, 0) is 9.53 Å². The van der Waals surface area contributed by atoms with Gasteiger partial charge in [0.1, 0.15) is 5.00 Å². The van der Waals surface area contributed by atoms with Gasteiger partial charge in [-0.05, 0) is 48.6 Å². The molecule has 31 heavy (non-hydrogen) atoms. The molecule has 1 aromatic heterocycles. The van der Waals surface area contributed by atoms with Crippen LogP contribution in [0.25, 0.3) is 0 Å². The fourth-order valence-electron chi connectivity index (χ4n) is 3.75. The van der Waals surface area contributed by atoms with Gasteiger partial charge in [-0.25, -0.2) is 4.79 Å². The van der Waals surface area contributed by atoms with E-state index < -0.39 is 5.97 Å². The maximum Gasteiger partial charge on any atom is 0.341 e. The van der Waals surface area contributed by atoms with Crippen molar-refractivity contribution in [1.29, 1.82) is 0 Å². The Kier molecular flexibility index (Phi) is 6.44. The first-order chi connectivity index (χ1) is 15.0. The first kappa shape index (κ1) is 21.6. The van der Waals surface area contributed by atoms with Crippen molar-refractivity contribution in [3.8, 4) is 0 Å². The molecule has 1 amide bonds. The highest BCUT2D eigenvalue weighted by Gasteiger charge is 2.44. The minimum absolute atomic E-state index is 0.0636. The lowest BCUT2D eigenvalue weighted by molar-refractivity contribution is -0.117. The number of esters is 1. The second kappa shape index (κ2) is 9.25. The highest BCUT2D eigenvalue weighted by atomic mass is 35.5. The number of nitrogens with one attached hydrogen (secondary N) is 1. The Morgan fingerprint density at radius 3 is 2.55 bits per heavy atom. The van der Waals surface area contributed by atoms with Crippen molar-refractivity contribution in [3.63, 3.8) is 0 Å². The number of hydrogen-bond donors (Lipinski definition) is 1. The zero-order chi connectivity index (χ0) is 22.0. The summed E-state index contributed by atoms with van der Waals surface area (Å²) in [5.41, 5.74) is 2.68. The van der Waals surface area contributed by atoms with Crippen molar-refractivity contribution in [1.82, 2.24) is 0 Å². The molecule has 1 aliphatic carbocycles. The van der Waals surface area contributed by atoms with E-state index in [2.05, 4.69) is 24.4 Å². The third-order valence-electron chi connectivity index (χ3n) is 5.63. The van der Waals surface area contributed by atoms with Crippen LogP contribution in [0.1, 0.15) is 58.5 Å². The average molecular weight is 454 g/mol. The van der Waals surface area contributed by atoms with Crippen LogP contribution in [0.4, 0.5) is 5.00 Å².